The number of carbonyl (C=O) groups is 2. The molecule has 5 rings (SSSR count). The highest BCUT2D eigenvalue weighted by Crippen LogP contribution is 2.34. The van der Waals surface area contributed by atoms with Gasteiger partial charge < -0.3 is 29.7 Å². The number of nitrogens with zero attached hydrogens (tertiary/aromatic N) is 5. The van der Waals surface area contributed by atoms with Crippen LogP contribution in [0.15, 0.2) is 30.6 Å². The van der Waals surface area contributed by atoms with Gasteiger partial charge in [0.2, 0.25) is 5.95 Å². The number of amides is 2. The summed E-state index contributed by atoms with van der Waals surface area (Å²) in [6.45, 7) is 6.19. The smallest absolute Gasteiger partial charge is 0.407 e. The first-order valence-corrected chi connectivity index (χ1v) is 14.2. The number of anilines is 1. The summed E-state index contributed by atoms with van der Waals surface area (Å²) >= 11 is 0. The Bertz CT molecular complexity index is 1460. The summed E-state index contributed by atoms with van der Waals surface area (Å²) in [6.07, 6.45) is 6.76. The van der Waals surface area contributed by atoms with E-state index in [0.29, 0.717) is 47.5 Å². The fourth-order valence-corrected chi connectivity index (χ4v) is 5.49. The molecule has 12 nitrogen and oxygen atoms in total. The van der Waals surface area contributed by atoms with Gasteiger partial charge in [0.1, 0.15) is 17.1 Å². The molecule has 0 spiro atoms. The number of aromatic nitrogens is 4. The van der Waals surface area contributed by atoms with Gasteiger partial charge in [0.05, 0.1) is 56.5 Å². The molecule has 1 aliphatic carbocycles. The quantitative estimate of drug-likeness (QED) is 0.402. The van der Waals surface area contributed by atoms with E-state index in [1.54, 1.807) is 36.1 Å². The normalized spacial score (nSPS) is 18.4. The largest absolute Gasteiger partial charge is 0.497 e. The molecular weight excluding hydrogens is 538 g/mol. The van der Waals surface area contributed by atoms with Gasteiger partial charge in [0, 0.05) is 36.5 Å². The van der Waals surface area contributed by atoms with E-state index in [2.05, 4.69) is 15.7 Å². The zero-order valence-corrected chi connectivity index (χ0v) is 25.1. The molecule has 2 amide bonds. The highest BCUT2D eigenvalue weighted by molar-refractivity contribution is 6.03. The van der Waals surface area contributed by atoms with Gasteiger partial charge in [0.25, 0.3) is 5.91 Å². The Morgan fingerprint density at radius 2 is 1.86 bits per heavy atom. The van der Waals surface area contributed by atoms with Crippen LogP contribution in [-0.4, -0.2) is 68.6 Å². The first kappa shape index (κ1) is 29.2. The van der Waals surface area contributed by atoms with Crippen LogP contribution in [0.4, 0.5) is 10.7 Å². The van der Waals surface area contributed by atoms with E-state index in [1.807, 2.05) is 46.1 Å². The van der Waals surface area contributed by atoms with Crippen LogP contribution >= 0.6 is 0 Å². The van der Waals surface area contributed by atoms with Crippen LogP contribution in [0.5, 0.6) is 11.5 Å². The number of alkyl carbamates (subject to hydrolysis) is 1. The number of benzene rings is 1. The van der Waals surface area contributed by atoms with Crippen molar-refractivity contribution in [2.75, 3.05) is 19.5 Å². The van der Waals surface area contributed by atoms with Crippen molar-refractivity contribution in [3.05, 3.63) is 47.4 Å². The number of carbonyl (C=O) groups excluding carboxylic acids is 2. The minimum Gasteiger partial charge on any atom is -0.497 e. The lowest BCUT2D eigenvalue weighted by molar-refractivity contribution is 0.0488. The Balaban J connectivity index is 1.43. The lowest BCUT2D eigenvalue weighted by atomic mass is 9.90. The lowest BCUT2D eigenvalue weighted by Gasteiger charge is -2.33. The van der Waals surface area contributed by atoms with E-state index in [0.717, 1.165) is 36.8 Å². The molecule has 1 fully saturated rings. The summed E-state index contributed by atoms with van der Waals surface area (Å²) in [7, 11) is 5.02. The molecule has 0 saturated heterocycles. The van der Waals surface area contributed by atoms with E-state index in [-0.39, 0.29) is 18.0 Å². The molecule has 1 aromatic carbocycles. The monoisotopic (exact) mass is 577 g/mol. The second-order valence-electron chi connectivity index (χ2n) is 11.7. The molecule has 12 heteroatoms. The first-order valence-electron chi connectivity index (χ1n) is 14.2. The summed E-state index contributed by atoms with van der Waals surface area (Å²) in [6, 6.07) is 5.31. The van der Waals surface area contributed by atoms with Crippen LogP contribution in [0, 0.1) is 0 Å². The van der Waals surface area contributed by atoms with Gasteiger partial charge in [-0.3, -0.25) is 9.48 Å². The molecular formula is C30H39N7O5. The molecule has 1 aliphatic heterocycles. The zero-order chi connectivity index (χ0) is 30.0. The molecule has 2 aromatic heterocycles. The van der Waals surface area contributed by atoms with Gasteiger partial charge in [0.15, 0.2) is 0 Å². The molecule has 2 atom stereocenters. The Morgan fingerprint density at radius 3 is 2.52 bits per heavy atom. The molecule has 0 bridgehead atoms. The molecule has 3 heterocycles. The number of hydrogen-bond donors (Lipinski definition) is 2. The molecule has 2 N–H and O–H groups in total. The first-order chi connectivity index (χ1) is 20.0. The maximum Gasteiger partial charge on any atom is 0.407 e. The van der Waals surface area contributed by atoms with E-state index >= 15 is 0 Å². The summed E-state index contributed by atoms with van der Waals surface area (Å²) < 4.78 is 18.1. The zero-order valence-electron chi connectivity index (χ0n) is 25.1. The third-order valence-corrected chi connectivity index (χ3v) is 7.44. The number of aryl methyl sites for hydroxylation is 1. The fourth-order valence-electron chi connectivity index (χ4n) is 5.49. The SMILES string of the molecule is COc1ccc(CN2Cc3nc(NC4CCCCC4NC(=O)OC(C)(C)C)nc(-c4cnn(C)c4)c3C2=O)c(OC)c1. The topological polar surface area (TPSA) is 133 Å². The van der Waals surface area contributed by atoms with Crippen LogP contribution in [0.1, 0.15) is 68.1 Å². The van der Waals surface area contributed by atoms with Crippen molar-refractivity contribution in [1.82, 2.24) is 30.0 Å². The molecule has 0 radical (unpaired) electrons. The van der Waals surface area contributed by atoms with E-state index in [4.69, 9.17) is 24.2 Å². The third kappa shape index (κ3) is 6.42. The van der Waals surface area contributed by atoms with E-state index < -0.39 is 11.7 Å². The van der Waals surface area contributed by atoms with E-state index in [1.165, 1.54) is 0 Å². The van der Waals surface area contributed by atoms with Crippen LogP contribution in [-0.2, 0) is 24.9 Å². The maximum atomic E-state index is 13.8. The summed E-state index contributed by atoms with van der Waals surface area (Å²) in [5.41, 5.74) is 2.62. The minimum absolute atomic E-state index is 0.0946. The van der Waals surface area contributed by atoms with Crippen molar-refractivity contribution in [3.63, 3.8) is 0 Å². The number of methoxy groups -OCH3 is 2. The molecule has 2 unspecified atom stereocenters. The van der Waals surface area contributed by atoms with Gasteiger partial charge in [-0.2, -0.15) is 5.10 Å². The van der Waals surface area contributed by atoms with Crippen molar-refractivity contribution in [2.45, 2.75) is 77.2 Å². The Hall–Kier alpha value is -4.35. The summed E-state index contributed by atoms with van der Waals surface area (Å²) in [5.74, 6) is 1.57. The molecule has 42 heavy (non-hydrogen) atoms. The van der Waals surface area contributed by atoms with Gasteiger partial charge in [-0.05, 0) is 45.7 Å². The fraction of sp³-hybridized carbons (Fsp3) is 0.500. The standard InChI is InChI=1S/C30H39N7O5/c1-30(2,3)42-29(39)34-22-10-8-7-9-21(22)32-28-33-23-17-37(16-18-11-12-20(40-5)13-24(18)41-6)27(38)25(23)26(35-28)19-14-31-36(4)15-19/h11-15,21-22H,7-10,16-17H2,1-6H3,(H,34,39)(H,32,33,35). The van der Waals surface area contributed by atoms with Gasteiger partial charge >= 0.3 is 6.09 Å². The van der Waals surface area contributed by atoms with Crippen LogP contribution in [0.3, 0.4) is 0 Å². The second kappa shape index (κ2) is 11.9. The van der Waals surface area contributed by atoms with Crippen LogP contribution in [0.25, 0.3) is 11.3 Å². The minimum atomic E-state index is -0.586. The Kier molecular flexibility index (Phi) is 8.24. The maximum absolute atomic E-state index is 13.8. The predicted octanol–water partition coefficient (Wildman–Crippen LogP) is 4.30. The summed E-state index contributed by atoms with van der Waals surface area (Å²) in [5, 5.41) is 10.8. The van der Waals surface area contributed by atoms with Crippen LogP contribution < -0.4 is 20.1 Å². The van der Waals surface area contributed by atoms with Gasteiger partial charge in [-0.15, -0.1) is 0 Å². The number of hydrogen-bond acceptors (Lipinski definition) is 9. The third-order valence-electron chi connectivity index (χ3n) is 7.44. The van der Waals surface area contributed by atoms with Crippen LogP contribution in [0.2, 0.25) is 0 Å². The molecule has 1 saturated carbocycles. The van der Waals surface area contributed by atoms with Crippen molar-refractivity contribution >= 4 is 17.9 Å². The van der Waals surface area contributed by atoms with Gasteiger partial charge in [-0.25, -0.2) is 14.8 Å². The van der Waals surface area contributed by atoms with E-state index in [9.17, 15) is 9.59 Å². The highest BCUT2D eigenvalue weighted by atomic mass is 16.6. The lowest BCUT2D eigenvalue weighted by Crippen LogP contribution is -2.50. The number of rotatable bonds is 8. The van der Waals surface area contributed by atoms with Crippen molar-refractivity contribution in [2.24, 2.45) is 7.05 Å². The van der Waals surface area contributed by atoms with Crippen molar-refractivity contribution in [1.29, 1.82) is 0 Å². The molecule has 3 aromatic rings. The number of fused-ring (bicyclic) bond motifs is 1. The molecule has 224 valence electrons. The predicted molar refractivity (Wildman–Crippen MR) is 156 cm³/mol. The average Bonchev–Trinajstić information content (AvgIpc) is 3.51. The summed E-state index contributed by atoms with van der Waals surface area (Å²) in [4.78, 5) is 37.7. The van der Waals surface area contributed by atoms with Crippen molar-refractivity contribution in [3.8, 4) is 22.8 Å². The second-order valence-corrected chi connectivity index (χ2v) is 11.7. The Labute approximate surface area is 245 Å². The van der Waals surface area contributed by atoms with Crippen molar-refractivity contribution < 1.29 is 23.8 Å². The average molecular weight is 578 g/mol. The number of ether oxygens (including phenoxy) is 3. The van der Waals surface area contributed by atoms with Gasteiger partial charge in [-0.1, -0.05) is 12.8 Å². The Morgan fingerprint density at radius 1 is 1.10 bits per heavy atom. The number of nitrogens with one attached hydrogen (secondary N) is 2. The molecule has 2 aliphatic rings. The highest BCUT2D eigenvalue weighted by Gasteiger charge is 2.35.